The first kappa shape index (κ1) is 20.8. The fraction of sp³-hybridized carbons (Fsp3) is 0.250. The molecular formula is C20H22N2O6. The monoisotopic (exact) mass is 386 g/mol. The van der Waals surface area contributed by atoms with Gasteiger partial charge in [0.15, 0.2) is 11.5 Å². The van der Waals surface area contributed by atoms with Crippen molar-refractivity contribution in [2.24, 2.45) is 0 Å². The van der Waals surface area contributed by atoms with E-state index >= 15 is 0 Å². The molecule has 0 aromatic heterocycles. The molecule has 2 amide bonds. The molecule has 8 nitrogen and oxygen atoms in total. The average Bonchev–Trinajstić information content (AvgIpc) is 2.71. The lowest BCUT2D eigenvalue weighted by Crippen LogP contribution is -2.33. The minimum absolute atomic E-state index is 0.0888. The highest BCUT2D eigenvalue weighted by Gasteiger charge is 2.11. The smallest absolute Gasteiger partial charge is 0.337 e. The van der Waals surface area contributed by atoms with Crippen LogP contribution in [0.25, 0.3) is 0 Å². The molecule has 28 heavy (non-hydrogen) atoms. The second-order valence-corrected chi connectivity index (χ2v) is 5.76. The predicted octanol–water partition coefficient (Wildman–Crippen LogP) is 1.79. The number of hydrogen-bond donors (Lipinski definition) is 2. The topological polar surface area (TPSA) is 103 Å². The van der Waals surface area contributed by atoms with Crippen molar-refractivity contribution in [3.63, 3.8) is 0 Å². The van der Waals surface area contributed by atoms with Crippen molar-refractivity contribution >= 4 is 23.5 Å². The van der Waals surface area contributed by atoms with Crippen LogP contribution in [0.1, 0.15) is 15.9 Å². The third-order valence-corrected chi connectivity index (χ3v) is 3.83. The predicted molar refractivity (Wildman–Crippen MR) is 103 cm³/mol. The fourth-order valence-corrected chi connectivity index (χ4v) is 2.46. The maximum absolute atomic E-state index is 12.1. The molecule has 0 radical (unpaired) electrons. The third-order valence-electron chi connectivity index (χ3n) is 3.83. The quantitative estimate of drug-likeness (QED) is 0.671. The standard InChI is InChI=1S/C20H22N2O6/c1-26-16-8-7-13(9-17(16)27-2)10-18(23)21-12-19(24)22-15-6-4-5-14(11-15)20(25)28-3/h4-9,11H,10,12H2,1-3H3,(H,21,23)(H,22,24). The number of amides is 2. The zero-order valence-electron chi connectivity index (χ0n) is 15.9. The van der Waals surface area contributed by atoms with Crippen molar-refractivity contribution in [1.29, 1.82) is 0 Å². The van der Waals surface area contributed by atoms with Gasteiger partial charge in [0.25, 0.3) is 0 Å². The summed E-state index contributed by atoms with van der Waals surface area (Å²) in [5.74, 6) is -0.135. The summed E-state index contributed by atoms with van der Waals surface area (Å²) in [6.07, 6.45) is 0.0888. The molecule has 0 spiro atoms. The number of benzene rings is 2. The highest BCUT2D eigenvalue weighted by Crippen LogP contribution is 2.27. The number of anilines is 1. The highest BCUT2D eigenvalue weighted by molar-refractivity contribution is 5.96. The molecule has 0 bridgehead atoms. The normalized spacial score (nSPS) is 9.96. The first-order valence-corrected chi connectivity index (χ1v) is 8.42. The second-order valence-electron chi connectivity index (χ2n) is 5.76. The van der Waals surface area contributed by atoms with E-state index in [1.165, 1.54) is 27.4 Å². The van der Waals surface area contributed by atoms with Gasteiger partial charge in [-0.15, -0.1) is 0 Å². The Kier molecular flexibility index (Phi) is 7.38. The minimum atomic E-state index is -0.501. The van der Waals surface area contributed by atoms with Gasteiger partial charge in [-0.1, -0.05) is 12.1 Å². The van der Waals surface area contributed by atoms with Crippen molar-refractivity contribution in [3.8, 4) is 11.5 Å². The molecular weight excluding hydrogens is 364 g/mol. The van der Waals surface area contributed by atoms with Crippen LogP contribution in [0.5, 0.6) is 11.5 Å². The third kappa shape index (κ3) is 5.73. The van der Waals surface area contributed by atoms with Gasteiger partial charge in [0.1, 0.15) is 0 Å². The van der Waals surface area contributed by atoms with E-state index in [4.69, 9.17) is 9.47 Å². The second kappa shape index (κ2) is 9.96. The van der Waals surface area contributed by atoms with Gasteiger partial charge < -0.3 is 24.8 Å². The zero-order chi connectivity index (χ0) is 20.5. The number of ether oxygens (including phenoxy) is 3. The number of hydrogen-bond acceptors (Lipinski definition) is 6. The Balaban J connectivity index is 1.87. The summed E-state index contributed by atoms with van der Waals surface area (Å²) >= 11 is 0. The van der Waals surface area contributed by atoms with Crippen molar-refractivity contribution in [1.82, 2.24) is 5.32 Å². The largest absolute Gasteiger partial charge is 0.493 e. The van der Waals surface area contributed by atoms with Gasteiger partial charge in [-0.3, -0.25) is 9.59 Å². The van der Waals surface area contributed by atoms with Crippen LogP contribution in [-0.4, -0.2) is 45.7 Å². The van der Waals surface area contributed by atoms with Crippen LogP contribution < -0.4 is 20.1 Å². The Labute approximate surface area is 162 Å². The number of methoxy groups -OCH3 is 3. The average molecular weight is 386 g/mol. The molecule has 0 aliphatic rings. The van der Waals surface area contributed by atoms with Gasteiger partial charge in [-0.05, 0) is 35.9 Å². The summed E-state index contributed by atoms with van der Waals surface area (Å²) in [6, 6.07) is 11.5. The van der Waals surface area contributed by atoms with E-state index in [-0.39, 0.29) is 18.9 Å². The lowest BCUT2D eigenvalue weighted by Gasteiger charge is -2.10. The molecule has 0 unspecified atom stereocenters. The molecule has 2 rings (SSSR count). The highest BCUT2D eigenvalue weighted by atomic mass is 16.5. The molecule has 8 heteroatoms. The number of nitrogens with one attached hydrogen (secondary N) is 2. The molecule has 0 aliphatic heterocycles. The Hall–Kier alpha value is -3.55. The molecule has 148 valence electrons. The van der Waals surface area contributed by atoms with E-state index in [0.717, 1.165) is 5.56 Å². The summed E-state index contributed by atoms with van der Waals surface area (Å²) < 4.78 is 15.0. The van der Waals surface area contributed by atoms with Crippen molar-refractivity contribution in [3.05, 3.63) is 53.6 Å². The van der Waals surface area contributed by atoms with Crippen LogP contribution in [0.2, 0.25) is 0 Å². The van der Waals surface area contributed by atoms with E-state index in [1.54, 1.807) is 36.4 Å². The van der Waals surface area contributed by atoms with E-state index in [1.807, 2.05) is 0 Å². The molecule has 2 N–H and O–H groups in total. The summed E-state index contributed by atoms with van der Waals surface area (Å²) in [6.45, 7) is -0.200. The van der Waals surface area contributed by atoms with Crippen LogP contribution in [0.3, 0.4) is 0 Å². The van der Waals surface area contributed by atoms with Crippen molar-refractivity contribution in [2.45, 2.75) is 6.42 Å². The number of rotatable bonds is 8. The first-order valence-electron chi connectivity index (χ1n) is 8.42. The number of carbonyl (C=O) groups is 3. The van der Waals surface area contributed by atoms with E-state index in [0.29, 0.717) is 22.7 Å². The molecule has 0 fully saturated rings. The fourth-order valence-electron chi connectivity index (χ4n) is 2.46. The summed E-state index contributed by atoms with van der Waals surface area (Å²) in [5.41, 5.74) is 1.47. The van der Waals surface area contributed by atoms with E-state index in [9.17, 15) is 14.4 Å². The molecule has 0 saturated heterocycles. The molecule has 0 atom stereocenters. The SMILES string of the molecule is COC(=O)c1cccc(NC(=O)CNC(=O)Cc2ccc(OC)c(OC)c2)c1. The van der Waals surface area contributed by atoms with Gasteiger partial charge in [0, 0.05) is 5.69 Å². The first-order chi connectivity index (χ1) is 13.5. The van der Waals surface area contributed by atoms with Gasteiger partial charge >= 0.3 is 5.97 Å². The van der Waals surface area contributed by atoms with Crippen LogP contribution in [0.15, 0.2) is 42.5 Å². The lowest BCUT2D eigenvalue weighted by atomic mass is 10.1. The van der Waals surface area contributed by atoms with Crippen LogP contribution in [0.4, 0.5) is 5.69 Å². The molecule has 0 saturated carbocycles. The summed E-state index contributed by atoms with van der Waals surface area (Å²) in [5, 5.41) is 5.17. The molecule has 0 heterocycles. The van der Waals surface area contributed by atoms with Crippen molar-refractivity contribution < 1.29 is 28.6 Å². The Morgan fingerprint density at radius 3 is 2.32 bits per heavy atom. The van der Waals surface area contributed by atoms with E-state index < -0.39 is 11.9 Å². The number of carbonyl (C=O) groups excluding carboxylic acids is 3. The van der Waals surface area contributed by atoms with Crippen LogP contribution in [0, 0.1) is 0 Å². The van der Waals surface area contributed by atoms with Gasteiger partial charge in [-0.25, -0.2) is 4.79 Å². The Morgan fingerprint density at radius 1 is 0.893 bits per heavy atom. The summed E-state index contributed by atoms with van der Waals surface area (Å²) in [7, 11) is 4.33. The Morgan fingerprint density at radius 2 is 1.64 bits per heavy atom. The van der Waals surface area contributed by atoms with E-state index in [2.05, 4.69) is 15.4 Å². The summed E-state index contributed by atoms with van der Waals surface area (Å²) in [4.78, 5) is 35.6. The lowest BCUT2D eigenvalue weighted by molar-refractivity contribution is -0.123. The van der Waals surface area contributed by atoms with Gasteiger partial charge in [-0.2, -0.15) is 0 Å². The maximum Gasteiger partial charge on any atom is 0.337 e. The van der Waals surface area contributed by atoms with Crippen LogP contribution in [-0.2, 0) is 20.7 Å². The van der Waals surface area contributed by atoms with Crippen LogP contribution >= 0.6 is 0 Å². The number of esters is 1. The van der Waals surface area contributed by atoms with Gasteiger partial charge in [0.2, 0.25) is 11.8 Å². The zero-order valence-corrected chi connectivity index (χ0v) is 15.9. The van der Waals surface area contributed by atoms with Crippen molar-refractivity contribution in [2.75, 3.05) is 33.2 Å². The Bertz CT molecular complexity index is 866. The molecule has 0 aliphatic carbocycles. The maximum atomic E-state index is 12.1. The molecule has 2 aromatic rings. The van der Waals surface area contributed by atoms with Gasteiger partial charge in [0.05, 0.1) is 39.9 Å². The molecule has 2 aromatic carbocycles. The minimum Gasteiger partial charge on any atom is -0.493 e.